The third-order valence-corrected chi connectivity index (χ3v) is 3.34. The van der Waals surface area contributed by atoms with Gasteiger partial charge in [0, 0.05) is 11.1 Å². The van der Waals surface area contributed by atoms with Crippen LogP contribution in [-0.2, 0) is 4.84 Å². The predicted octanol–water partition coefficient (Wildman–Crippen LogP) is 3.73. The number of hydrogen-bond acceptors (Lipinski definition) is 3. The van der Waals surface area contributed by atoms with E-state index in [2.05, 4.69) is 11.7 Å². The third kappa shape index (κ3) is 2.18. The van der Waals surface area contributed by atoms with Crippen molar-refractivity contribution < 1.29 is 9.57 Å². The second kappa shape index (κ2) is 5.21. The molecule has 3 nitrogen and oxygen atoms in total. The van der Waals surface area contributed by atoms with Gasteiger partial charge in [-0.25, -0.2) is 0 Å². The van der Waals surface area contributed by atoms with Gasteiger partial charge < -0.3 is 9.57 Å². The van der Waals surface area contributed by atoms with Crippen LogP contribution < -0.4 is 4.74 Å². The fraction of sp³-hybridized carbons (Fsp3) is 0.118. The van der Waals surface area contributed by atoms with Crippen molar-refractivity contribution >= 4 is 5.71 Å². The number of oxime groups is 1. The molecule has 0 N–H and O–H groups in total. The van der Waals surface area contributed by atoms with Crippen molar-refractivity contribution in [3.63, 3.8) is 0 Å². The topological polar surface area (TPSA) is 30.8 Å². The van der Waals surface area contributed by atoms with Crippen LogP contribution in [0.1, 0.15) is 17.2 Å². The summed E-state index contributed by atoms with van der Waals surface area (Å²) in [6.45, 7) is 4.13. The van der Waals surface area contributed by atoms with Crippen molar-refractivity contribution in [3.8, 4) is 5.75 Å². The van der Waals surface area contributed by atoms with E-state index in [0.717, 1.165) is 28.2 Å². The van der Waals surface area contributed by atoms with Crippen molar-refractivity contribution in [2.24, 2.45) is 5.16 Å². The lowest BCUT2D eigenvalue weighted by atomic mass is 9.96. The first-order valence-corrected chi connectivity index (χ1v) is 6.42. The summed E-state index contributed by atoms with van der Waals surface area (Å²) in [5.74, 6) is 0.821. The molecule has 1 aliphatic rings. The molecule has 0 fully saturated rings. The Hall–Kier alpha value is -2.55. The summed E-state index contributed by atoms with van der Waals surface area (Å²) in [5, 5.41) is 4.17. The molecule has 100 valence electrons. The van der Waals surface area contributed by atoms with E-state index in [-0.39, 0.29) is 6.10 Å². The normalized spacial score (nSPS) is 17.6. The number of nitrogens with zero attached hydrogens (tertiary/aromatic N) is 1. The summed E-state index contributed by atoms with van der Waals surface area (Å²) < 4.78 is 5.16. The van der Waals surface area contributed by atoms with Crippen molar-refractivity contribution in [2.75, 3.05) is 7.11 Å². The SMILES string of the molecule is C=C1C(c2ccccc2)=NOC1c1ccc(OC)cc1. The Balaban J connectivity index is 1.84. The second-order valence-electron chi connectivity index (χ2n) is 4.59. The lowest BCUT2D eigenvalue weighted by molar-refractivity contribution is 0.105. The van der Waals surface area contributed by atoms with Crippen molar-refractivity contribution in [2.45, 2.75) is 6.10 Å². The Morgan fingerprint density at radius 1 is 1.05 bits per heavy atom. The molecular weight excluding hydrogens is 250 g/mol. The average molecular weight is 265 g/mol. The Morgan fingerprint density at radius 2 is 1.75 bits per heavy atom. The summed E-state index contributed by atoms with van der Waals surface area (Å²) in [6.07, 6.45) is -0.226. The minimum atomic E-state index is -0.226. The highest BCUT2D eigenvalue weighted by Crippen LogP contribution is 2.33. The first-order chi connectivity index (χ1) is 9.79. The molecule has 2 aromatic rings. The number of hydrogen-bond donors (Lipinski definition) is 0. The maximum atomic E-state index is 5.54. The zero-order chi connectivity index (χ0) is 13.9. The fourth-order valence-electron chi connectivity index (χ4n) is 2.23. The van der Waals surface area contributed by atoms with Crippen LogP contribution in [0.4, 0.5) is 0 Å². The largest absolute Gasteiger partial charge is 0.497 e. The van der Waals surface area contributed by atoms with E-state index in [1.54, 1.807) is 7.11 Å². The Morgan fingerprint density at radius 3 is 2.40 bits per heavy atom. The molecule has 0 bridgehead atoms. The predicted molar refractivity (Wildman–Crippen MR) is 78.9 cm³/mol. The molecule has 20 heavy (non-hydrogen) atoms. The van der Waals surface area contributed by atoms with Gasteiger partial charge in [-0.2, -0.15) is 0 Å². The molecule has 1 unspecified atom stereocenters. The fourth-order valence-corrected chi connectivity index (χ4v) is 2.23. The van der Waals surface area contributed by atoms with Crippen LogP contribution in [0.3, 0.4) is 0 Å². The molecule has 1 atom stereocenters. The smallest absolute Gasteiger partial charge is 0.179 e. The van der Waals surface area contributed by atoms with Gasteiger partial charge in [0.1, 0.15) is 11.5 Å². The maximum absolute atomic E-state index is 5.54. The quantitative estimate of drug-likeness (QED) is 0.846. The number of ether oxygens (including phenoxy) is 1. The summed E-state index contributed by atoms with van der Waals surface area (Å²) in [6, 6.07) is 17.7. The summed E-state index contributed by atoms with van der Waals surface area (Å²) in [7, 11) is 1.65. The summed E-state index contributed by atoms with van der Waals surface area (Å²) in [4.78, 5) is 5.54. The third-order valence-electron chi connectivity index (χ3n) is 3.34. The Bertz CT molecular complexity index is 644. The van der Waals surface area contributed by atoms with Crippen LogP contribution in [0, 0.1) is 0 Å². The van der Waals surface area contributed by atoms with E-state index in [9.17, 15) is 0 Å². The van der Waals surface area contributed by atoms with Gasteiger partial charge in [0.05, 0.1) is 7.11 Å². The highest BCUT2D eigenvalue weighted by molar-refractivity contribution is 6.13. The van der Waals surface area contributed by atoms with Gasteiger partial charge in [-0.05, 0) is 17.7 Å². The lowest BCUT2D eigenvalue weighted by Crippen LogP contribution is -2.05. The minimum absolute atomic E-state index is 0.226. The van der Waals surface area contributed by atoms with E-state index in [4.69, 9.17) is 9.57 Å². The number of benzene rings is 2. The second-order valence-corrected chi connectivity index (χ2v) is 4.59. The molecule has 0 amide bonds. The van der Waals surface area contributed by atoms with E-state index in [1.807, 2.05) is 54.6 Å². The van der Waals surface area contributed by atoms with Gasteiger partial charge in [-0.1, -0.05) is 54.2 Å². The summed E-state index contributed by atoms with van der Waals surface area (Å²) >= 11 is 0. The molecule has 1 heterocycles. The van der Waals surface area contributed by atoms with Crippen LogP contribution >= 0.6 is 0 Å². The molecule has 3 rings (SSSR count). The van der Waals surface area contributed by atoms with Gasteiger partial charge in [0.2, 0.25) is 0 Å². The van der Waals surface area contributed by atoms with Crippen LogP contribution in [0.15, 0.2) is 71.9 Å². The highest BCUT2D eigenvalue weighted by Gasteiger charge is 2.28. The van der Waals surface area contributed by atoms with Crippen LogP contribution in [0.5, 0.6) is 5.75 Å². The molecule has 0 radical (unpaired) electrons. The van der Waals surface area contributed by atoms with Gasteiger partial charge >= 0.3 is 0 Å². The Labute approximate surface area is 118 Å². The van der Waals surface area contributed by atoms with Crippen molar-refractivity contribution in [1.29, 1.82) is 0 Å². The van der Waals surface area contributed by atoms with Gasteiger partial charge in [0.15, 0.2) is 6.10 Å². The molecule has 0 aliphatic carbocycles. The molecular formula is C17H15NO2. The molecule has 0 spiro atoms. The first-order valence-electron chi connectivity index (χ1n) is 6.42. The zero-order valence-corrected chi connectivity index (χ0v) is 11.2. The van der Waals surface area contributed by atoms with Crippen molar-refractivity contribution in [1.82, 2.24) is 0 Å². The van der Waals surface area contributed by atoms with Gasteiger partial charge in [-0.3, -0.25) is 0 Å². The van der Waals surface area contributed by atoms with E-state index >= 15 is 0 Å². The molecule has 3 heteroatoms. The summed E-state index contributed by atoms with van der Waals surface area (Å²) in [5.41, 5.74) is 3.73. The van der Waals surface area contributed by atoms with E-state index < -0.39 is 0 Å². The van der Waals surface area contributed by atoms with Gasteiger partial charge in [0.25, 0.3) is 0 Å². The molecule has 1 aliphatic heterocycles. The lowest BCUT2D eigenvalue weighted by Gasteiger charge is -2.11. The molecule has 2 aromatic carbocycles. The number of methoxy groups -OCH3 is 1. The molecule has 0 saturated heterocycles. The monoisotopic (exact) mass is 265 g/mol. The molecule has 0 aromatic heterocycles. The first kappa shape index (κ1) is 12.5. The van der Waals surface area contributed by atoms with Crippen LogP contribution in [-0.4, -0.2) is 12.8 Å². The number of rotatable bonds is 3. The minimum Gasteiger partial charge on any atom is -0.497 e. The van der Waals surface area contributed by atoms with Crippen LogP contribution in [0.2, 0.25) is 0 Å². The van der Waals surface area contributed by atoms with Gasteiger partial charge in [-0.15, -0.1) is 0 Å². The van der Waals surface area contributed by atoms with Crippen LogP contribution in [0.25, 0.3) is 0 Å². The average Bonchev–Trinajstić information content (AvgIpc) is 2.90. The van der Waals surface area contributed by atoms with Crippen molar-refractivity contribution in [3.05, 3.63) is 77.9 Å². The van der Waals surface area contributed by atoms with E-state index in [0.29, 0.717) is 0 Å². The highest BCUT2D eigenvalue weighted by atomic mass is 16.6. The standard InChI is InChI=1S/C17H15NO2/c1-12-16(13-6-4-3-5-7-13)18-20-17(12)14-8-10-15(19-2)11-9-14/h3-11,17H,1H2,2H3. The van der Waals surface area contributed by atoms with E-state index in [1.165, 1.54) is 0 Å². The zero-order valence-electron chi connectivity index (χ0n) is 11.2. The Kier molecular flexibility index (Phi) is 3.25. The molecule has 0 saturated carbocycles. The maximum Gasteiger partial charge on any atom is 0.179 e.